The Morgan fingerprint density at radius 1 is 1.15 bits per heavy atom. The molecule has 3 heteroatoms. The summed E-state index contributed by atoms with van der Waals surface area (Å²) in [6, 6.07) is 0. The first-order chi connectivity index (χ1) is 6.20. The quantitative estimate of drug-likeness (QED) is 0.564. The highest BCUT2D eigenvalue weighted by Crippen LogP contribution is 2.31. The molecular formula is C10H19NO2. The predicted molar refractivity (Wildman–Crippen MR) is 50.5 cm³/mol. The van der Waals surface area contributed by atoms with E-state index >= 15 is 0 Å². The van der Waals surface area contributed by atoms with Gasteiger partial charge in [-0.1, -0.05) is 6.92 Å². The lowest BCUT2D eigenvalue weighted by Gasteiger charge is -2.44. The molecule has 2 saturated heterocycles. The molecule has 1 spiro atoms. The van der Waals surface area contributed by atoms with Gasteiger partial charge < -0.3 is 14.4 Å². The molecule has 0 unspecified atom stereocenters. The van der Waals surface area contributed by atoms with E-state index in [4.69, 9.17) is 9.47 Å². The van der Waals surface area contributed by atoms with Crippen LogP contribution < -0.4 is 0 Å². The van der Waals surface area contributed by atoms with Gasteiger partial charge in [0.05, 0.1) is 13.2 Å². The molecule has 13 heavy (non-hydrogen) atoms. The Hall–Kier alpha value is -0.120. The fourth-order valence-corrected chi connectivity index (χ4v) is 1.93. The first kappa shape index (κ1) is 9.44. The zero-order valence-corrected chi connectivity index (χ0v) is 8.58. The van der Waals surface area contributed by atoms with Crippen molar-refractivity contribution >= 4 is 0 Å². The standard InChI is InChI=1S/C10H19NO2/c1-9-7-12-10(13-8-9)3-5-11(2)6-4-10/h9H,3-8H2,1-2H3. The summed E-state index contributed by atoms with van der Waals surface area (Å²) in [7, 11) is 2.15. The first-order valence-corrected chi connectivity index (χ1v) is 5.17. The van der Waals surface area contributed by atoms with E-state index in [0.29, 0.717) is 5.92 Å². The van der Waals surface area contributed by atoms with Crippen molar-refractivity contribution in [3.8, 4) is 0 Å². The van der Waals surface area contributed by atoms with E-state index in [1.807, 2.05) is 0 Å². The lowest BCUT2D eigenvalue weighted by atomic mass is 10.0. The second kappa shape index (κ2) is 3.56. The minimum absolute atomic E-state index is 0.223. The van der Waals surface area contributed by atoms with E-state index in [9.17, 15) is 0 Å². The van der Waals surface area contributed by atoms with Gasteiger partial charge in [-0.3, -0.25) is 0 Å². The molecule has 0 bridgehead atoms. The third-order valence-electron chi connectivity index (χ3n) is 3.01. The van der Waals surface area contributed by atoms with Gasteiger partial charge in [-0.05, 0) is 7.05 Å². The largest absolute Gasteiger partial charge is 0.349 e. The average molecular weight is 185 g/mol. The van der Waals surface area contributed by atoms with Gasteiger partial charge in [-0.15, -0.1) is 0 Å². The summed E-state index contributed by atoms with van der Waals surface area (Å²) in [5.41, 5.74) is 0. The lowest BCUT2D eigenvalue weighted by molar-refractivity contribution is -0.296. The third-order valence-corrected chi connectivity index (χ3v) is 3.01. The molecule has 2 fully saturated rings. The van der Waals surface area contributed by atoms with Gasteiger partial charge in [-0.25, -0.2) is 0 Å². The van der Waals surface area contributed by atoms with Gasteiger partial charge in [0.1, 0.15) is 0 Å². The summed E-state index contributed by atoms with van der Waals surface area (Å²) < 4.78 is 11.6. The molecule has 2 aliphatic rings. The van der Waals surface area contributed by atoms with Crippen LogP contribution in [0.4, 0.5) is 0 Å². The Balaban J connectivity index is 1.90. The lowest BCUT2D eigenvalue weighted by Crippen LogP contribution is -2.50. The number of piperidine rings is 1. The highest BCUT2D eigenvalue weighted by atomic mass is 16.7. The maximum absolute atomic E-state index is 5.82. The molecule has 0 aromatic heterocycles. The van der Waals surface area contributed by atoms with Crippen LogP contribution >= 0.6 is 0 Å². The zero-order valence-electron chi connectivity index (χ0n) is 8.58. The summed E-state index contributed by atoms with van der Waals surface area (Å²) in [6.45, 7) is 6.08. The Labute approximate surface area is 80.0 Å². The maximum Gasteiger partial charge on any atom is 0.170 e. The second-order valence-electron chi connectivity index (χ2n) is 4.44. The molecular weight excluding hydrogens is 166 g/mol. The van der Waals surface area contributed by atoms with E-state index in [1.165, 1.54) is 0 Å². The molecule has 2 rings (SSSR count). The van der Waals surface area contributed by atoms with E-state index in [2.05, 4.69) is 18.9 Å². The molecule has 0 aromatic rings. The van der Waals surface area contributed by atoms with Crippen LogP contribution in [-0.4, -0.2) is 44.0 Å². The van der Waals surface area contributed by atoms with Gasteiger partial charge in [0.15, 0.2) is 5.79 Å². The fourth-order valence-electron chi connectivity index (χ4n) is 1.93. The molecule has 0 atom stereocenters. The van der Waals surface area contributed by atoms with Crippen molar-refractivity contribution in [2.45, 2.75) is 25.6 Å². The van der Waals surface area contributed by atoms with Crippen LogP contribution in [0.2, 0.25) is 0 Å². The number of ether oxygens (including phenoxy) is 2. The molecule has 0 aliphatic carbocycles. The Morgan fingerprint density at radius 3 is 2.23 bits per heavy atom. The summed E-state index contributed by atoms with van der Waals surface area (Å²) in [5.74, 6) is 0.337. The Morgan fingerprint density at radius 2 is 1.69 bits per heavy atom. The van der Waals surface area contributed by atoms with Crippen LogP contribution in [-0.2, 0) is 9.47 Å². The molecule has 0 N–H and O–H groups in total. The molecule has 3 nitrogen and oxygen atoms in total. The number of likely N-dealkylation sites (tertiary alicyclic amines) is 1. The number of hydrogen-bond acceptors (Lipinski definition) is 3. The maximum atomic E-state index is 5.82. The average Bonchev–Trinajstić information content (AvgIpc) is 2.16. The van der Waals surface area contributed by atoms with E-state index in [0.717, 1.165) is 39.1 Å². The Bertz CT molecular complexity index is 144. The normalized spacial score (nSPS) is 30.9. The summed E-state index contributed by atoms with van der Waals surface area (Å²) in [5, 5.41) is 0. The molecule has 0 saturated carbocycles. The van der Waals surface area contributed by atoms with Crippen molar-refractivity contribution in [1.29, 1.82) is 0 Å². The number of hydrogen-bond donors (Lipinski definition) is 0. The van der Waals surface area contributed by atoms with E-state index < -0.39 is 0 Å². The third kappa shape index (κ3) is 2.03. The van der Waals surface area contributed by atoms with Crippen molar-refractivity contribution in [3.05, 3.63) is 0 Å². The van der Waals surface area contributed by atoms with Crippen LogP contribution in [0.15, 0.2) is 0 Å². The molecule has 0 amide bonds. The highest BCUT2D eigenvalue weighted by Gasteiger charge is 2.38. The number of rotatable bonds is 0. The van der Waals surface area contributed by atoms with E-state index in [-0.39, 0.29) is 5.79 Å². The van der Waals surface area contributed by atoms with Crippen molar-refractivity contribution in [1.82, 2.24) is 4.90 Å². The van der Waals surface area contributed by atoms with Crippen molar-refractivity contribution in [2.24, 2.45) is 5.92 Å². The van der Waals surface area contributed by atoms with Crippen molar-refractivity contribution < 1.29 is 9.47 Å². The predicted octanol–water partition coefficient (Wildman–Crippen LogP) is 1.09. The van der Waals surface area contributed by atoms with Gasteiger partial charge in [-0.2, -0.15) is 0 Å². The monoisotopic (exact) mass is 185 g/mol. The molecule has 2 aliphatic heterocycles. The minimum atomic E-state index is -0.223. The van der Waals surface area contributed by atoms with Crippen LogP contribution in [0, 0.1) is 5.92 Å². The fraction of sp³-hybridized carbons (Fsp3) is 1.00. The van der Waals surface area contributed by atoms with Crippen molar-refractivity contribution in [3.63, 3.8) is 0 Å². The van der Waals surface area contributed by atoms with Crippen LogP contribution in [0.5, 0.6) is 0 Å². The molecule has 2 heterocycles. The molecule has 0 radical (unpaired) electrons. The van der Waals surface area contributed by atoms with Gasteiger partial charge in [0.25, 0.3) is 0 Å². The topological polar surface area (TPSA) is 21.7 Å². The van der Waals surface area contributed by atoms with Crippen LogP contribution in [0.25, 0.3) is 0 Å². The first-order valence-electron chi connectivity index (χ1n) is 5.17. The second-order valence-corrected chi connectivity index (χ2v) is 4.44. The minimum Gasteiger partial charge on any atom is -0.349 e. The van der Waals surface area contributed by atoms with Crippen LogP contribution in [0.3, 0.4) is 0 Å². The van der Waals surface area contributed by atoms with Gasteiger partial charge in [0.2, 0.25) is 0 Å². The zero-order chi connectivity index (χ0) is 9.31. The SMILES string of the molecule is CC1COC2(CCN(C)CC2)OC1. The summed E-state index contributed by atoms with van der Waals surface area (Å²) in [6.07, 6.45) is 2.05. The number of nitrogens with zero attached hydrogens (tertiary/aromatic N) is 1. The van der Waals surface area contributed by atoms with Crippen LogP contribution in [0.1, 0.15) is 19.8 Å². The Kier molecular flexibility index (Phi) is 2.58. The summed E-state index contributed by atoms with van der Waals surface area (Å²) >= 11 is 0. The highest BCUT2D eigenvalue weighted by molar-refractivity contribution is 4.81. The molecule has 76 valence electrons. The van der Waals surface area contributed by atoms with Gasteiger partial charge >= 0.3 is 0 Å². The van der Waals surface area contributed by atoms with Gasteiger partial charge in [0, 0.05) is 31.8 Å². The van der Waals surface area contributed by atoms with E-state index in [1.54, 1.807) is 0 Å². The smallest absolute Gasteiger partial charge is 0.170 e. The molecule has 0 aromatic carbocycles. The van der Waals surface area contributed by atoms with Crippen molar-refractivity contribution in [2.75, 3.05) is 33.4 Å². The summed E-state index contributed by atoms with van der Waals surface area (Å²) in [4.78, 5) is 2.33.